The first-order valence-corrected chi connectivity index (χ1v) is 7.91. The molecule has 0 bridgehead atoms. The van der Waals surface area contributed by atoms with E-state index < -0.39 is 0 Å². The average Bonchev–Trinajstić information content (AvgIpc) is 2.11. The number of rotatable bonds is 1. The standard InChI is InChI=1S/C17H33N/c1-13-7-6-8-14(9-13)17(18)11-15(2,3)10-16(4,5)12-17/h13-14H,6-12,18H2,1-5H3. The maximum Gasteiger partial charge on any atom is 0.0193 e. The zero-order valence-electron chi connectivity index (χ0n) is 13.2. The lowest BCUT2D eigenvalue weighted by Crippen LogP contribution is -2.57. The van der Waals surface area contributed by atoms with Gasteiger partial charge in [0, 0.05) is 5.54 Å². The molecule has 0 aromatic carbocycles. The first-order chi connectivity index (χ1) is 8.12. The molecule has 0 saturated heterocycles. The third kappa shape index (κ3) is 3.10. The van der Waals surface area contributed by atoms with Gasteiger partial charge < -0.3 is 5.73 Å². The van der Waals surface area contributed by atoms with E-state index in [2.05, 4.69) is 34.6 Å². The summed E-state index contributed by atoms with van der Waals surface area (Å²) >= 11 is 0. The molecule has 18 heavy (non-hydrogen) atoms. The van der Waals surface area contributed by atoms with Crippen LogP contribution in [0, 0.1) is 22.7 Å². The third-order valence-corrected chi connectivity index (χ3v) is 5.32. The van der Waals surface area contributed by atoms with Crippen molar-refractivity contribution in [1.29, 1.82) is 0 Å². The van der Waals surface area contributed by atoms with Gasteiger partial charge in [0.2, 0.25) is 0 Å². The van der Waals surface area contributed by atoms with Crippen molar-refractivity contribution >= 4 is 0 Å². The van der Waals surface area contributed by atoms with E-state index in [0.717, 1.165) is 11.8 Å². The molecule has 2 saturated carbocycles. The Kier molecular flexibility index (Phi) is 3.60. The van der Waals surface area contributed by atoms with Gasteiger partial charge in [0.05, 0.1) is 0 Å². The van der Waals surface area contributed by atoms with E-state index in [-0.39, 0.29) is 5.54 Å². The van der Waals surface area contributed by atoms with Crippen molar-refractivity contribution in [1.82, 2.24) is 0 Å². The molecule has 2 aliphatic carbocycles. The molecule has 0 aromatic heterocycles. The second-order valence-electron chi connectivity index (χ2n) is 9.06. The van der Waals surface area contributed by atoms with Crippen LogP contribution in [-0.4, -0.2) is 5.54 Å². The molecular formula is C17H33N. The summed E-state index contributed by atoms with van der Waals surface area (Å²) in [7, 11) is 0. The minimum absolute atomic E-state index is 0.0972. The van der Waals surface area contributed by atoms with Crippen LogP contribution in [0.5, 0.6) is 0 Å². The maximum absolute atomic E-state index is 6.95. The average molecular weight is 251 g/mol. The van der Waals surface area contributed by atoms with Gasteiger partial charge in [0.15, 0.2) is 0 Å². The topological polar surface area (TPSA) is 26.0 Å². The predicted octanol–water partition coefficient (Wildman–Crippen LogP) is 4.75. The summed E-state index contributed by atoms with van der Waals surface area (Å²) in [6.45, 7) is 12.1. The zero-order valence-corrected chi connectivity index (χ0v) is 13.2. The summed E-state index contributed by atoms with van der Waals surface area (Å²) in [4.78, 5) is 0. The van der Waals surface area contributed by atoms with Crippen LogP contribution in [-0.2, 0) is 0 Å². The molecular weight excluding hydrogens is 218 g/mol. The lowest BCUT2D eigenvalue weighted by Gasteiger charge is -2.54. The van der Waals surface area contributed by atoms with Gasteiger partial charge in [-0.05, 0) is 54.8 Å². The quantitative estimate of drug-likeness (QED) is 0.715. The Morgan fingerprint density at radius 3 is 1.94 bits per heavy atom. The highest BCUT2D eigenvalue weighted by Crippen LogP contribution is 2.53. The van der Waals surface area contributed by atoms with Crippen molar-refractivity contribution in [3.63, 3.8) is 0 Å². The Balaban J connectivity index is 2.18. The second kappa shape index (κ2) is 4.51. The molecule has 2 N–H and O–H groups in total. The summed E-state index contributed by atoms with van der Waals surface area (Å²) in [5.41, 5.74) is 7.87. The van der Waals surface area contributed by atoms with Crippen molar-refractivity contribution in [2.75, 3.05) is 0 Å². The smallest absolute Gasteiger partial charge is 0.0193 e. The van der Waals surface area contributed by atoms with E-state index in [0.29, 0.717) is 10.8 Å². The van der Waals surface area contributed by atoms with E-state index in [1.165, 1.54) is 44.9 Å². The summed E-state index contributed by atoms with van der Waals surface area (Å²) in [6, 6.07) is 0. The van der Waals surface area contributed by atoms with E-state index in [1.807, 2.05) is 0 Å². The summed E-state index contributed by atoms with van der Waals surface area (Å²) in [5.74, 6) is 1.65. The highest BCUT2D eigenvalue weighted by Gasteiger charge is 2.49. The largest absolute Gasteiger partial charge is 0.325 e. The Morgan fingerprint density at radius 2 is 1.44 bits per heavy atom. The molecule has 0 spiro atoms. The van der Waals surface area contributed by atoms with Crippen LogP contribution in [0.15, 0.2) is 0 Å². The number of hydrogen-bond donors (Lipinski definition) is 1. The van der Waals surface area contributed by atoms with Crippen LogP contribution in [0.3, 0.4) is 0 Å². The number of nitrogens with two attached hydrogens (primary N) is 1. The van der Waals surface area contributed by atoms with Gasteiger partial charge in [-0.1, -0.05) is 47.5 Å². The van der Waals surface area contributed by atoms with Crippen molar-refractivity contribution in [3.8, 4) is 0 Å². The van der Waals surface area contributed by atoms with E-state index in [1.54, 1.807) is 0 Å². The molecule has 0 aliphatic heterocycles. The normalized spacial score (nSPS) is 38.3. The Bertz CT molecular complexity index is 287. The lowest BCUT2D eigenvalue weighted by atomic mass is 9.54. The molecule has 2 unspecified atom stereocenters. The van der Waals surface area contributed by atoms with Gasteiger partial charge in [-0.3, -0.25) is 0 Å². The Hall–Kier alpha value is -0.0400. The summed E-state index contributed by atoms with van der Waals surface area (Å²) in [5, 5.41) is 0. The fraction of sp³-hybridized carbons (Fsp3) is 1.00. The van der Waals surface area contributed by atoms with Crippen LogP contribution in [0.4, 0.5) is 0 Å². The Morgan fingerprint density at radius 1 is 0.889 bits per heavy atom. The van der Waals surface area contributed by atoms with Gasteiger partial charge >= 0.3 is 0 Å². The number of hydrogen-bond acceptors (Lipinski definition) is 1. The second-order valence-corrected chi connectivity index (χ2v) is 9.06. The van der Waals surface area contributed by atoms with Crippen molar-refractivity contribution in [2.45, 2.75) is 85.1 Å². The maximum atomic E-state index is 6.95. The van der Waals surface area contributed by atoms with Crippen LogP contribution < -0.4 is 5.73 Å². The molecule has 1 nitrogen and oxygen atoms in total. The molecule has 2 aliphatic rings. The van der Waals surface area contributed by atoms with E-state index >= 15 is 0 Å². The van der Waals surface area contributed by atoms with Gasteiger partial charge in [0.25, 0.3) is 0 Å². The molecule has 0 radical (unpaired) electrons. The van der Waals surface area contributed by atoms with Gasteiger partial charge in [0.1, 0.15) is 0 Å². The Labute approximate surface area is 114 Å². The molecule has 0 aromatic rings. The molecule has 2 atom stereocenters. The first kappa shape index (κ1) is 14.4. The minimum Gasteiger partial charge on any atom is -0.325 e. The molecule has 2 fully saturated rings. The van der Waals surface area contributed by atoms with Crippen LogP contribution in [0.25, 0.3) is 0 Å². The fourth-order valence-corrected chi connectivity index (χ4v) is 5.51. The molecule has 106 valence electrons. The van der Waals surface area contributed by atoms with E-state index in [4.69, 9.17) is 5.73 Å². The van der Waals surface area contributed by atoms with Crippen molar-refractivity contribution < 1.29 is 0 Å². The molecule has 0 heterocycles. The SMILES string of the molecule is CC1CCCC(C2(N)CC(C)(C)CC(C)(C)C2)C1. The van der Waals surface area contributed by atoms with Crippen LogP contribution >= 0.6 is 0 Å². The van der Waals surface area contributed by atoms with Crippen LogP contribution in [0.1, 0.15) is 79.6 Å². The van der Waals surface area contributed by atoms with Crippen molar-refractivity contribution in [2.24, 2.45) is 28.4 Å². The summed E-state index contributed by atoms with van der Waals surface area (Å²) < 4.78 is 0. The monoisotopic (exact) mass is 251 g/mol. The van der Waals surface area contributed by atoms with Gasteiger partial charge in [-0.15, -0.1) is 0 Å². The fourth-order valence-electron chi connectivity index (χ4n) is 5.51. The highest BCUT2D eigenvalue weighted by molar-refractivity contribution is 5.04. The highest BCUT2D eigenvalue weighted by atomic mass is 14.8. The minimum atomic E-state index is 0.0972. The van der Waals surface area contributed by atoms with E-state index in [9.17, 15) is 0 Å². The third-order valence-electron chi connectivity index (χ3n) is 5.32. The predicted molar refractivity (Wildman–Crippen MR) is 79.5 cm³/mol. The van der Waals surface area contributed by atoms with Gasteiger partial charge in [-0.25, -0.2) is 0 Å². The molecule has 1 heteroatoms. The summed E-state index contributed by atoms with van der Waals surface area (Å²) in [6.07, 6.45) is 9.31. The van der Waals surface area contributed by atoms with Crippen LogP contribution in [0.2, 0.25) is 0 Å². The lowest BCUT2D eigenvalue weighted by molar-refractivity contribution is 0.00235. The molecule has 2 rings (SSSR count). The van der Waals surface area contributed by atoms with Crippen molar-refractivity contribution in [3.05, 3.63) is 0 Å². The first-order valence-electron chi connectivity index (χ1n) is 7.91. The zero-order chi connectivity index (χ0) is 13.6. The molecule has 0 amide bonds. The van der Waals surface area contributed by atoms with Gasteiger partial charge in [-0.2, -0.15) is 0 Å².